The highest BCUT2D eigenvalue weighted by atomic mass is 32.2. The standard InChI is InChI=1S/C26H29NO6S/c1-5-17(4)24(27-34(30,31)18-11-9-15(2)10-12-18)26(29)33-22-14-16(3)13-21-23(22)19-7-6-8-20(19)25(28)32-21/h9-14,17,24,27H,5-8H2,1-4H3/t17-,24+/m0/s1. The predicted octanol–water partition coefficient (Wildman–Crippen LogP) is 4.20. The number of nitrogens with one attached hydrogen (secondary N) is 1. The van der Waals surface area contributed by atoms with Crippen molar-refractivity contribution in [1.82, 2.24) is 4.72 Å². The van der Waals surface area contributed by atoms with Crippen molar-refractivity contribution in [2.24, 2.45) is 5.92 Å². The molecule has 7 nitrogen and oxygen atoms in total. The fraction of sp³-hybridized carbons (Fsp3) is 0.385. The monoisotopic (exact) mass is 483 g/mol. The molecule has 1 aromatic heterocycles. The number of ether oxygens (including phenoxy) is 1. The van der Waals surface area contributed by atoms with E-state index in [1.807, 2.05) is 20.8 Å². The van der Waals surface area contributed by atoms with E-state index in [2.05, 4.69) is 4.72 Å². The zero-order chi connectivity index (χ0) is 24.6. The Hall–Kier alpha value is -2.97. The van der Waals surface area contributed by atoms with Gasteiger partial charge in [-0.25, -0.2) is 18.0 Å². The summed E-state index contributed by atoms with van der Waals surface area (Å²) in [7, 11) is -3.95. The molecule has 0 bridgehead atoms. The van der Waals surface area contributed by atoms with E-state index < -0.39 is 22.0 Å². The third-order valence-corrected chi connectivity index (χ3v) is 7.93. The molecule has 3 aromatic rings. The minimum Gasteiger partial charge on any atom is -0.425 e. The Morgan fingerprint density at radius 3 is 2.44 bits per heavy atom. The van der Waals surface area contributed by atoms with E-state index >= 15 is 0 Å². The Bertz CT molecular complexity index is 1410. The van der Waals surface area contributed by atoms with Crippen molar-refractivity contribution in [1.29, 1.82) is 0 Å². The second kappa shape index (κ2) is 9.35. The SMILES string of the molecule is CC[C@H](C)[C@@H](NS(=O)(=O)c1ccc(C)cc1)C(=O)Oc1cc(C)cc2oc(=O)c3c(c12)CCC3. The highest BCUT2D eigenvalue weighted by Crippen LogP contribution is 2.35. The van der Waals surface area contributed by atoms with Gasteiger partial charge in [-0.3, -0.25) is 0 Å². The molecule has 2 aromatic carbocycles. The van der Waals surface area contributed by atoms with Crippen LogP contribution in [0.5, 0.6) is 5.75 Å². The molecule has 1 aliphatic carbocycles. The largest absolute Gasteiger partial charge is 0.425 e. The molecule has 0 unspecified atom stereocenters. The van der Waals surface area contributed by atoms with Crippen LogP contribution in [0.1, 0.15) is 48.9 Å². The van der Waals surface area contributed by atoms with Gasteiger partial charge in [-0.1, -0.05) is 38.0 Å². The van der Waals surface area contributed by atoms with Gasteiger partial charge in [-0.15, -0.1) is 0 Å². The summed E-state index contributed by atoms with van der Waals surface area (Å²) >= 11 is 0. The normalized spacial score (nSPS) is 15.2. The lowest BCUT2D eigenvalue weighted by Gasteiger charge is -2.23. The van der Waals surface area contributed by atoms with Gasteiger partial charge >= 0.3 is 11.6 Å². The maximum Gasteiger partial charge on any atom is 0.339 e. The van der Waals surface area contributed by atoms with Crippen molar-refractivity contribution in [2.45, 2.75) is 64.3 Å². The number of fused-ring (bicyclic) bond motifs is 3. The molecule has 4 rings (SSSR count). The third-order valence-electron chi connectivity index (χ3n) is 6.47. The van der Waals surface area contributed by atoms with Crippen LogP contribution in [0.15, 0.2) is 50.5 Å². The molecule has 34 heavy (non-hydrogen) atoms. The topological polar surface area (TPSA) is 103 Å². The number of carbonyl (C=O) groups is 1. The van der Waals surface area contributed by atoms with Gasteiger partial charge in [-0.05, 0) is 74.4 Å². The number of rotatable bonds is 7. The Morgan fingerprint density at radius 1 is 1.09 bits per heavy atom. The second-order valence-electron chi connectivity index (χ2n) is 9.06. The lowest BCUT2D eigenvalue weighted by molar-refractivity contribution is -0.137. The molecule has 0 spiro atoms. The van der Waals surface area contributed by atoms with Gasteiger partial charge in [0.25, 0.3) is 0 Å². The summed E-state index contributed by atoms with van der Waals surface area (Å²) in [6, 6.07) is 8.82. The molecule has 0 fully saturated rings. The van der Waals surface area contributed by atoms with Gasteiger partial charge in [0.05, 0.1) is 10.3 Å². The van der Waals surface area contributed by atoms with Crippen LogP contribution in [0.4, 0.5) is 0 Å². The Balaban J connectivity index is 1.71. The van der Waals surface area contributed by atoms with Crippen LogP contribution >= 0.6 is 0 Å². The minimum absolute atomic E-state index is 0.0832. The van der Waals surface area contributed by atoms with Crippen LogP contribution in [0.25, 0.3) is 11.0 Å². The molecule has 0 saturated carbocycles. The summed E-state index contributed by atoms with van der Waals surface area (Å²) in [5.41, 5.74) is 3.17. The first-order chi connectivity index (χ1) is 16.1. The van der Waals surface area contributed by atoms with Gasteiger partial charge < -0.3 is 9.15 Å². The summed E-state index contributed by atoms with van der Waals surface area (Å²) in [6.07, 6.45) is 2.71. The van der Waals surface area contributed by atoms with Crippen LogP contribution in [0.3, 0.4) is 0 Å². The molecule has 1 heterocycles. The van der Waals surface area contributed by atoms with Crippen molar-refractivity contribution >= 4 is 27.0 Å². The predicted molar refractivity (Wildman–Crippen MR) is 130 cm³/mol. The van der Waals surface area contributed by atoms with E-state index in [-0.39, 0.29) is 22.2 Å². The molecule has 1 N–H and O–H groups in total. The number of benzene rings is 2. The summed E-state index contributed by atoms with van der Waals surface area (Å²) < 4.78 is 39.9. The average molecular weight is 484 g/mol. The summed E-state index contributed by atoms with van der Waals surface area (Å²) in [4.78, 5) is 25.8. The molecular weight excluding hydrogens is 454 g/mol. The maximum atomic E-state index is 13.4. The van der Waals surface area contributed by atoms with Crippen molar-refractivity contribution < 1.29 is 22.4 Å². The van der Waals surface area contributed by atoms with E-state index in [1.165, 1.54) is 12.1 Å². The van der Waals surface area contributed by atoms with E-state index in [9.17, 15) is 18.0 Å². The molecule has 0 amide bonds. The summed E-state index contributed by atoms with van der Waals surface area (Å²) in [5, 5.41) is 0.607. The number of sulfonamides is 1. The molecule has 0 saturated heterocycles. The molecular formula is C26H29NO6S. The van der Waals surface area contributed by atoms with Crippen LogP contribution in [0, 0.1) is 19.8 Å². The molecule has 8 heteroatoms. The second-order valence-corrected chi connectivity index (χ2v) is 10.8. The molecule has 1 aliphatic rings. The zero-order valence-electron chi connectivity index (χ0n) is 19.8. The van der Waals surface area contributed by atoms with E-state index in [0.717, 1.165) is 23.1 Å². The lowest BCUT2D eigenvalue weighted by Crippen LogP contribution is -2.47. The number of hydrogen-bond donors (Lipinski definition) is 1. The smallest absolute Gasteiger partial charge is 0.339 e. The molecule has 2 atom stereocenters. The Morgan fingerprint density at radius 2 is 1.76 bits per heavy atom. The van der Waals surface area contributed by atoms with Gasteiger partial charge in [0, 0.05) is 5.56 Å². The van der Waals surface area contributed by atoms with Crippen molar-refractivity contribution in [2.75, 3.05) is 0 Å². The minimum atomic E-state index is -3.95. The fourth-order valence-corrected chi connectivity index (χ4v) is 5.64. The fourth-order valence-electron chi connectivity index (χ4n) is 4.34. The van der Waals surface area contributed by atoms with Crippen LogP contribution < -0.4 is 15.1 Å². The van der Waals surface area contributed by atoms with Crippen molar-refractivity contribution in [3.63, 3.8) is 0 Å². The number of aryl methyl sites for hydroxylation is 3. The maximum absolute atomic E-state index is 13.4. The average Bonchev–Trinajstić information content (AvgIpc) is 3.27. The highest BCUT2D eigenvalue weighted by Gasteiger charge is 2.32. The van der Waals surface area contributed by atoms with Crippen LogP contribution in [-0.4, -0.2) is 20.4 Å². The molecule has 0 radical (unpaired) electrons. The van der Waals surface area contributed by atoms with Crippen LogP contribution in [0.2, 0.25) is 0 Å². The van der Waals surface area contributed by atoms with Crippen LogP contribution in [-0.2, 0) is 27.7 Å². The highest BCUT2D eigenvalue weighted by molar-refractivity contribution is 7.89. The number of carbonyl (C=O) groups excluding carboxylic acids is 1. The Labute approximate surface area is 199 Å². The van der Waals surface area contributed by atoms with Crippen molar-refractivity contribution in [3.8, 4) is 5.75 Å². The van der Waals surface area contributed by atoms with Gasteiger partial charge in [0.2, 0.25) is 10.0 Å². The number of hydrogen-bond acceptors (Lipinski definition) is 6. The first-order valence-electron chi connectivity index (χ1n) is 11.5. The molecule has 180 valence electrons. The molecule has 0 aliphatic heterocycles. The van der Waals surface area contributed by atoms with Crippen molar-refractivity contribution in [3.05, 3.63) is 69.1 Å². The van der Waals surface area contributed by atoms with Gasteiger partial charge in [0.15, 0.2) is 0 Å². The zero-order valence-corrected chi connectivity index (χ0v) is 20.6. The van der Waals surface area contributed by atoms with E-state index in [0.29, 0.717) is 35.8 Å². The van der Waals surface area contributed by atoms with Gasteiger partial charge in [-0.2, -0.15) is 4.72 Å². The van der Waals surface area contributed by atoms with E-state index in [4.69, 9.17) is 9.15 Å². The third kappa shape index (κ3) is 4.65. The van der Waals surface area contributed by atoms with E-state index in [1.54, 1.807) is 31.2 Å². The Kier molecular flexibility index (Phi) is 6.64. The summed E-state index contributed by atoms with van der Waals surface area (Å²) in [6.45, 7) is 7.37. The first-order valence-corrected chi connectivity index (χ1v) is 13.0. The quantitative estimate of drug-likeness (QED) is 0.307. The number of esters is 1. The lowest BCUT2D eigenvalue weighted by atomic mass is 10.00. The summed E-state index contributed by atoms with van der Waals surface area (Å²) in [5.74, 6) is -0.730. The van der Waals surface area contributed by atoms with Gasteiger partial charge in [0.1, 0.15) is 17.4 Å². The first kappa shape index (κ1) is 24.2.